The van der Waals surface area contributed by atoms with E-state index in [2.05, 4.69) is 5.32 Å². The van der Waals surface area contributed by atoms with Crippen LogP contribution >= 0.6 is 0 Å². The van der Waals surface area contributed by atoms with E-state index in [1.54, 1.807) is 30.1 Å². The van der Waals surface area contributed by atoms with Gasteiger partial charge in [-0.2, -0.15) is 0 Å². The number of esters is 1. The molecule has 2 fully saturated rings. The fraction of sp³-hybridized carbons (Fsp3) is 0.366. The lowest BCUT2D eigenvalue weighted by Gasteiger charge is -2.39. The van der Waals surface area contributed by atoms with E-state index in [4.69, 9.17) is 9.47 Å². The quantitative estimate of drug-likeness (QED) is 0.295. The summed E-state index contributed by atoms with van der Waals surface area (Å²) < 4.78 is 13.2. The Morgan fingerprint density at radius 2 is 1.67 bits per heavy atom. The lowest BCUT2D eigenvalue weighted by atomic mass is 9.77. The highest BCUT2D eigenvalue weighted by molar-refractivity contribution is 6.06. The van der Waals surface area contributed by atoms with Crippen LogP contribution in [0.1, 0.15) is 54.2 Å². The van der Waals surface area contributed by atoms with Crippen molar-refractivity contribution in [2.24, 2.45) is 11.8 Å². The average Bonchev–Trinajstić information content (AvgIpc) is 3.52. The number of hydrogen-bond acceptors (Lipinski definition) is 7. The van der Waals surface area contributed by atoms with Crippen LogP contribution in [0, 0.1) is 25.7 Å². The number of rotatable bonds is 5. The van der Waals surface area contributed by atoms with Crippen molar-refractivity contribution in [1.82, 2.24) is 10.2 Å². The number of nitrogens with one attached hydrogen (secondary N) is 1. The van der Waals surface area contributed by atoms with E-state index >= 15 is 9.59 Å². The summed E-state index contributed by atoms with van der Waals surface area (Å²) in [6.45, 7) is 5.43. The summed E-state index contributed by atoms with van der Waals surface area (Å²) in [4.78, 5) is 60.9. The van der Waals surface area contributed by atoms with Gasteiger partial charge in [-0.05, 0) is 55.5 Å². The van der Waals surface area contributed by atoms with Gasteiger partial charge in [-0.15, -0.1) is 0 Å². The number of nitrogens with zero attached hydrogens (tertiary/aromatic N) is 2. The summed E-state index contributed by atoms with van der Waals surface area (Å²) in [6, 6.07) is 21.5. The normalized spacial score (nSPS) is 30.6. The van der Waals surface area contributed by atoms with Gasteiger partial charge in [0, 0.05) is 18.7 Å². The molecule has 8 atom stereocenters. The number of fused-ring (bicyclic) bond motifs is 2. The third kappa shape index (κ3) is 6.06. The largest absolute Gasteiger partial charge is 0.455 e. The van der Waals surface area contributed by atoms with Crippen molar-refractivity contribution in [3.05, 3.63) is 125 Å². The van der Waals surface area contributed by atoms with Crippen LogP contribution in [0.15, 0.2) is 103 Å². The summed E-state index contributed by atoms with van der Waals surface area (Å²) in [5.74, 6) is -3.99. The maximum absolute atomic E-state index is 15.1. The molecular formula is C41H43N3O7. The number of benzene rings is 3. The molecule has 10 heteroatoms. The molecule has 1 spiro atoms. The first kappa shape index (κ1) is 34.4. The van der Waals surface area contributed by atoms with Crippen molar-refractivity contribution in [3.63, 3.8) is 0 Å². The molecule has 264 valence electrons. The van der Waals surface area contributed by atoms with Crippen LogP contribution in [0.2, 0.25) is 0 Å². The Hall–Kier alpha value is -5.06. The minimum atomic E-state index is -1.57. The SMILES string of the molecule is Cc1ccc(C)c(N2CC=C[C@]34O[C@@H]5/C=C\CCC(=O)N[C@H](C)[C@@H](c6ccccc6)OC(=O)[C@@H]5[C@H]3C(=O)N([C@H](CO)c3ccccc3)[C@@H]4C2=O)c1. The van der Waals surface area contributed by atoms with E-state index < -0.39 is 66.3 Å². The predicted molar refractivity (Wildman–Crippen MR) is 190 cm³/mol. The molecule has 0 bridgehead atoms. The molecule has 4 heterocycles. The van der Waals surface area contributed by atoms with Crippen molar-refractivity contribution in [3.8, 4) is 0 Å². The Morgan fingerprint density at radius 3 is 2.39 bits per heavy atom. The summed E-state index contributed by atoms with van der Waals surface area (Å²) in [5.41, 5.74) is 2.33. The predicted octanol–water partition coefficient (Wildman–Crippen LogP) is 4.66. The lowest BCUT2D eigenvalue weighted by Crippen LogP contribution is -2.56. The van der Waals surface area contributed by atoms with Crippen LogP contribution in [0.25, 0.3) is 0 Å². The molecule has 3 amide bonds. The van der Waals surface area contributed by atoms with E-state index in [1.807, 2.05) is 98.8 Å². The van der Waals surface area contributed by atoms with Crippen LogP contribution in [0.3, 0.4) is 0 Å². The van der Waals surface area contributed by atoms with E-state index in [9.17, 15) is 14.7 Å². The van der Waals surface area contributed by atoms with Gasteiger partial charge in [-0.3, -0.25) is 19.2 Å². The first-order chi connectivity index (χ1) is 24.6. The standard InChI is InChI=1S/C41H43N3O7/c1-25-19-20-26(2)30(23-25)43-22-12-21-41-35(38(47)44(37(41)39(43)48)31(24-45)28-13-6-4-7-14-28)34-32(51-41)17-10-11-18-33(46)42-27(3)36(50-40(34)49)29-15-8-5-9-16-29/h4-10,12-17,19-21,23,27,31-32,34-37,45H,11,18,22,24H2,1-3H3,(H,42,46)/b17-10-/t27-,31-,32-,34+,35+,36+,37-,41+/m1/s1. The van der Waals surface area contributed by atoms with E-state index in [0.717, 1.165) is 11.1 Å². The molecule has 2 saturated heterocycles. The fourth-order valence-electron chi connectivity index (χ4n) is 8.24. The van der Waals surface area contributed by atoms with Crippen molar-refractivity contribution < 1.29 is 33.8 Å². The highest BCUT2D eigenvalue weighted by Gasteiger charge is 2.72. The minimum Gasteiger partial charge on any atom is -0.455 e. The molecule has 0 unspecified atom stereocenters. The summed E-state index contributed by atoms with van der Waals surface area (Å²) in [6.07, 6.45) is 5.91. The zero-order valence-corrected chi connectivity index (χ0v) is 29.0. The van der Waals surface area contributed by atoms with Crippen molar-refractivity contribution in [2.45, 2.75) is 69.5 Å². The second-order valence-corrected chi connectivity index (χ2v) is 13.9. The molecule has 51 heavy (non-hydrogen) atoms. The summed E-state index contributed by atoms with van der Waals surface area (Å²) >= 11 is 0. The summed E-state index contributed by atoms with van der Waals surface area (Å²) in [7, 11) is 0. The molecule has 0 aliphatic carbocycles. The number of cyclic esters (lactones) is 1. The maximum Gasteiger partial charge on any atom is 0.313 e. The first-order valence-electron chi connectivity index (χ1n) is 17.6. The number of ether oxygens (including phenoxy) is 2. The highest BCUT2D eigenvalue weighted by atomic mass is 16.6. The van der Waals surface area contributed by atoms with Crippen LogP contribution < -0.4 is 10.2 Å². The number of anilines is 1. The monoisotopic (exact) mass is 689 g/mol. The number of aryl methyl sites for hydroxylation is 2. The van der Waals surface area contributed by atoms with Gasteiger partial charge in [0.25, 0.3) is 5.91 Å². The molecule has 4 aliphatic heterocycles. The van der Waals surface area contributed by atoms with Gasteiger partial charge in [0.1, 0.15) is 23.7 Å². The number of carbonyl (C=O) groups is 4. The van der Waals surface area contributed by atoms with Gasteiger partial charge >= 0.3 is 5.97 Å². The van der Waals surface area contributed by atoms with Crippen LogP contribution in [-0.4, -0.2) is 70.6 Å². The molecule has 10 nitrogen and oxygen atoms in total. The topological polar surface area (TPSA) is 125 Å². The van der Waals surface area contributed by atoms with Crippen molar-refractivity contribution >= 4 is 29.4 Å². The van der Waals surface area contributed by atoms with Crippen LogP contribution in [0.4, 0.5) is 5.69 Å². The Kier molecular flexibility index (Phi) is 9.39. The Bertz CT molecular complexity index is 1880. The highest BCUT2D eigenvalue weighted by Crippen LogP contribution is 2.55. The summed E-state index contributed by atoms with van der Waals surface area (Å²) in [5, 5.41) is 13.9. The molecule has 2 N–H and O–H groups in total. The second kappa shape index (κ2) is 13.9. The molecule has 7 rings (SSSR count). The smallest absolute Gasteiger partial charge is 0.313 e. The van der Waals surface area contributed by atoms with E-state index in [-0.39, 0.29) is 24.8 Å². The molecular weight excluding hydrogens is 646 g/mol. The number of carbonyl (C=O) groups excluding carboxylic acids is 4. The first-order valence-corrected chi connectivity index (χ1v) is 17.6. The van der Waals surface area contributed by atoms with Gasteiger partial charge in [0.05, 0.1) is 30.7 Å². The Labute approximate surface area is 297 Å². The van der Waals surface area contributed by atoms with Gasteiger partial charge in [0.2, 0.25) is 11.8 Å². The number of aliphatic hydroxyl groups excluding tert-OH is 1. The minimum absolute atomic E-state index is 0.185. The van der Waals surface area contributed by atoms with E-state index in [1.165, 1.54) is 4.90 Å². The van der Waals surface area contributed by atoms with Gasteiger partial charge in [-0.1, -0.05) is 97.1 Å². The number of hydrogen-bond donors (Lipinski definition) is 2. The maximum atomic E-state index is 15.1. The number of amides is 3. The van der Waals surface area contributed by atoms with Crippen molar-refractivity contribution in [1.29, 1.82) is 0 Å². The molecule has 0 radical (unpaired) electrons. The van der Waals surface area contributed by atoms with Crippen molar-refractivity contribution in [2.75, 3.05) is 18.1 Å². The van der Waals surface area contributed by atoms with Gasteiger partial charge < -0.3 is 29.7 Å². The Balaban J connectivity index is 1.38. The van der Waals surface area contributed by atoms with Crippen LogP contribution in [-0.2, 0) is 28.7 Å². The zero-order valence-electron chi connectivity index (χ0n) is 29.0. The lowest BCUT2D eigenvalue weighted by molar-refractivity contribution is -0.161. The average molecular weight is 690 g/mol. The van der Waals surface area contributed by atoms with Gasteiger partial charge in [0.15, 0.2) is 0 Å². The third-order valence-corrected chi connectivity index (χ3v) is 10.6. The van der Waals surface area contributed by atoms with Crippen LogP contribution in [0.5, 0.6) is 0 Å². The molecule has 3 aromatic carbocycles. The fourth-order valence-corrected chi connectivity index (χ4v) is 8.24. The Morgan fingerprint density at radius 1 is 0.941 bits per heavy atom. The molecule has 4 aliphatic rings. The number of allylic oxidation sites excluding steroid dienone is 1. The third-order valence-electron chi connectivity index (χ3n) is 10.6. The molecule has 0 aromatic heterocycles. The molecule has 3 aromatic rings. The molecule has 0 saturated carbocycles. The number of likely N-dealkylation sites (tertiary alicyclic amines) is 1. The number of aliphatic hydroxyl groups is 1. The van der Waals surface area contributed by atoms with Gasteiger partial charge in [-0.25, -0.2) is 0 Å². The van der Waals surface area contributed by atoms with E-state index in [0.29, 0.717) is 23.2 Å². The second-order valence-electron chi connectivity index (χ2n) is 13.9. The zero-order chi connectivity index (χ0) is 35.9.